The molecule has 0 heterocycles. The maximum atomic E-state index is 13.0. The van der Waals surface area contributed by atoms with Gasteiger partial charge in [0.05, 0.1) is 11.0 Å². The molecule has 16 heavy (non-hydrogen) atoms. The quantitative estimate of drug-likeness (QED) is 0.483. The number of carbonyl (C=O) groups is 1. The number of aldehydes is 1. The summed E-state index contributed by atoms with van der Waals surface area (Å²) in [5.41, 5.74) is -0.737. The lowest BCUT2D eigenvalue weighted by Crippen LogP contribution is -1.92. The van der Waals surface area contributed by atoms with Crippen LogP contribution in [-0.4, -0.2) is 16.3 Å². The Kier molecular flexibility index (Phi) is 3.71. The smallest absolute Gasteiger partial charge is 0.314 e. The van der Waals surface area contributed by atoms with Gasteiger partial charge in [0.15, 0.2) is 0 Å². The Morgan fingerprint density at radius 1 is 1.50 bits per heavy atom. The number of rotatable bonds is 4. The van der Waals surface area contributed by atoms with Gasteiger partial charge in [0.25, 0.3) is 0 Å². The van der Waals surface area contributed by atoms with Gasteiger partial charge in [-0.25, -0.2) is 4.39 Å². The number of nitro benzene ring substituents is 1. The largest absolute Gasteiger partial charge is 0.502 e. The average molecular weight is 225 g/mol. The molecule has 6 heteroatoms. The van der Waals surface area contributed by atoms with E-state index in [1.807, 2.05) is 0 Å². The summed E-state index contributed by atoms with van der Waals surface area (Å²) in [6.45, 7) is 0. The highest BCUT2D eigenvalue weighted by Crippen LogP contribution is 2.31. The molecule has 84 valence electrons. The van der Waals surface area contributed by atoms with Crippen molar-refractivity contribution >= 4 is 18.0 Å². The number of benzene rings is 1. The standard InChI is InChI=1S/C10H8FNO4/c11-8-5-7(3-1-2-4-13)10(14)9(6-8)12(15)16/h1,3-6,14H,2H2. The van der Waals surface area contributed by atoms with Crippen LogP contribution in [0.25, 0.3) is 6.08 Å². The molecule has 0 aliphatic rings. The van der Waals surface area contributed by atoms with Crippen molar-refractivity contribution in [2.24, 2.45) is 0 Å². The van der Waals surface area contributed by atoms with Crippen LogP contribution in [0, 0.1) is 15.9 Å². The normalized spacial score (nSPS) is 10.6. The van der Waals surface area contributed by atoms with E-state index in [1.165, 1.54) is 12.2 Å². The molecule has 1 N–H and O–H groups in total. The third kappa shape index (κ3) is 2.63. The minimum absolute atomic E-state index is 0.0337. The molecule has 0 aromatic heterocycles. The van der Waals surface area contributed by atoms with E-state index in [1.54, 1.807) is 0 Å². The molecule has 0 saturated carbocycles. The highest BCUT2D eigenvalue weighted by molar-refractivity contribution is 5.66. The van der Waals surface area contributed by atoms with Gasteiger partial charge in [-0.1, -0.05) is 12.2 Å². The van der Waals surface area contributed by atoms with E-state index < -0.39 is 22.2 Å². The zero-order valence-electron chi connectivity index (χ0n) is 8.09. The van der Waals surface area contributed by atoms with E-state index in [0.29, 0.717) is 12.4 Å². The fourth-order valence-corrected chi connectivity index (χ4v) is 1.12. The van der Waals surface area contributed by atoms with Crippen LogP contribution in [0.5, 0.6) is 5.75 Å². The maximum absolute atomic E-state index is 13.0. The average Bonchev–Trinajstić information content (AvgIpc) is 2.22. The summed E-state index contributed by atoms with van der Waals surface area (Å²) in [4.78, 5) is 19.6. The number of nitrogens with zero attached hydrogens (tertiary/aromatic N) is 1. The van der Waals surface area contributed by atoms with Crippen molar-refractivity contribution in [1.29, 1.82) is 0 Å². The first kappa shape index (κ1) is 11.8. The Morgan fingerprint density at radius 2 is 2.19 bits per heavy atom. The number of halogens is 1. The number of hydrogen-bond acceptors (Lipinski definition) is 4. The molecule has 0 aliphatic carbocycles. The summed E-state index contributed by atoms with van der Waals surface area (Å²) in [6, 6.07) is 1.58. The first-order valence-corrected chi connectivity index (χ1v) is 4.33. The van der Waals surface area contributed by atoms with Crippen molar-refractivity contribution in [3.63, 3.8) is 0 Å². The van der Waals surface area contributed by atoms with E-state index in [4.69, 9.17) is 0 Å². The molecule has 1 aromatic rings. The third-order valence-corrected chi connectivity index (χ3v) is 1.81. The van der Waals surface area contributed by atoms with E-state index in [-0.39, 0.29) is 12.0 Å². The van der Waals surface area contributed by atoms with E-state index in [0.717, 1.165) is 6.07 Å². The number of phenolic OH excluding ortho intramolecular Hbond substituents is 1. The van der Waals surface area contributed by atoms with Crippen LogP contribution in [0.2, 0.25) is 0 Å². The first-order valence-electron chi connectivity index (χ1n) is 4.33. The van der Waals surface area contributed by atoms with Gasteiger partial charge in [-0.05, 0) is 6.07 Å². The van der Waals surface area contributed by atoms with Gasteiger partial charge in [0.2, 0.25) is 5.75 Å². The lowest BCUT2D eigenvalue weighted by atomic mass is 10.1. The predicted octanol–water partition coefficient (Wildman–Crippen LogP) is 2.04. The van der Waals surface area contributed by atoms with Crippen LogP contribution in [-0.2, 0) is 4.79 Å². The van der Waals surface area contributed by atoms with Gasteiger partial charge in [-0.15, -0.1) is 0 Å². The van der Waals surface area contributed by atoms with Gasteiger partial charge >= 0.3 is 5.69 Å². The number of nitro groups is 1. The Morgan fingerprint density at radius 3 is 2.75 bits per heavy atom. The van der Waals surface area contributed by atoms with Gasteiger partial charge in [0, 0.05) is 12.0 Å². The molecule has 0 bridgehead atoms. The molecular weight excluding hydrogens is 217 g/mol. The topological polar surface area (TPSA) is 80.4 Å². The summed E-state index contributed by atoms with van der Waals surface area (Å²) >= 11 is 0. The summed E-state index contributed by atoms with van der Waals surface area (Å²) in [7, 11) is 0. The van der Waals surface area contributed by atoms with Crippen LogP contribution >= 0.6 is 0 Å². The molecule has 0 aliphatic heterocycles. The molecular formula is C10H8FNO4. The fraction of sp³-hybridized carbons (Fsp3) is 0.100. The molecule has 0 fully saturated rings. The lowest BCUT2D eigenvalue weighted by Gasteiger charge is -2.00. The van der Waals surface area contributed by atoms with Gasteiger partial charge in [-0.3, -0.25) is 10.1 Å². The molecule has 5 nitrogen and oxygen atoms in total. The maximum Gasteiger partial charge on any atom is 0.314 e. The highest BCUT2D eigenvalue weighted by atomic mass is 19.1. The minimum Gasteiger partial charge on any atom is -0.502 e. The number of phenols is 1. The summed E-state index contributed by atoms with van der Waals surface area (Å²) in [6.07, 6.45) is 3.32. The molecule has 0 spiro atoms. The van der Waals surface area contributed by atoms with Crippen LogP contribution in [0.4, 0.5) is 10.1 Å². The first-order chi connectivity index (χ1) is 7.56. The zero-order valence-corrected chi connectivity index (χ0v) is 8.09. The van der Waals surface area contributed by atoms with Crippen molar-refractivity contribution in [2.75, 3.05) is 0 Å². The Bertz CT molecular complexity index is 456. The third-order valence-electron chi connectivity index (χ3n) is 1.81. The van der Waals surface area contributed by atoms with Gasteiger partial charge in [0.1, 0.15) is 12.1 Å². The SMILES string of the molecule is O=CCC=Cc1cc(F)cc([N+](=O)[O-])c1O. The number of aromatic hydroxyl groups is 1. The summed E-state index contributed by atoms with van der Waals surface area (Å²) in [5, 5.41) is 19.9. The van der Waals surface area contributed by atoms with Gasteiger partial charge < -0.3 is 9.90 Å². The van der Waals surface area contributed by atoms with Crippen LogP contribution in [0.1, 0.15) is 12.0 Å². The predicted molar refractivity (Wildman–Crippen MR) is 54.4 cm³/mol. The molecule has 0 unspecified atom stereocenters. The highest BCUT2D eigenvalue weighted by Gasteiger charge is 2.17. The molecule has 0 amide bonds. The molecule has 1 rings (SSSR count). The van der Waals surface area contributed by atoms with Crippen molar-refractivity contribution in [1.82, 2.24) is 0 Å². The summed E-state index contributed by atoms with van der Waals surface area (Å²) < 4.78 is 13.0. The Hall–Kier alpha value is -2.24. The Balaban J connectivity index is 3.18. The molecule has 0 radical (unpaired) electrons. The van der Waals surface area contributed by atoms with Crippen LogP contribution in [0.15, 0.2) is 18.2 Å². The van der Waals surface area contributed by atoms with Crippen molar-refractivity contribution < 1.29 is 19.2 Å². The lowest BCUT2D eigenvalue weighted by molar-refractivity contribution is -0.386. The number of allylic oxidation sites excluding steroid dienone is 1. The van der Waals surface area contributed by atoms with Crippen LogP contribution in [0.3, 0.4) is 0 Å². The Labute approximate surface area is 90.0 Å². The zero-order chi connectivity index (χ0) is 12.1. The fourth-order valence-electron chi connectivity index (χ4n) is 1.12. The molecule has 1 aromatic carbocycles. The second kappa shape index (κ2) is 5.01. The second-order valence-corrected chi connectivity index (χ2v) is 2.92. The van der Waals surface area contributed by atoms with E-state index in [2.05, 4.69) is 0 Å². The van der Waals surface area contributed by atoms with Gasteiger partial charge in [-0.2, -0.15) is 0 Å². The number of carbonyl (C=O) groups excluding carboxylic acids is 1. The summed E-state index contributed by atoms with van der Waals surface area (Å²) in [5.74, 6) is -1.44. The van der Waals surface area contributed by atoms with Crippen molar-refractivity contribution in [2.45, 2.75) is 6.42 Å². The molecule has 0 atom stereocenters. The van der Waals surface area contributed by atoms with E-state index in [9.17, 15) is 24.4 Å². The molecule has 0 saturated heterocycles. The van der Waals surface area contributed by atoms with Crippen LogP contribution < -0.4 is 0 Å². The number of hydrogen-bond donors (Lipinski definition) is 1. The van der Waals surface area contributed by atoms with Crippen molar-refractivity contribution in [3.8, 4) is 5.75 Å². The minimum atomic E-state index is -0.879. The van der Waals surface area contributed by atoms with Crippen molar-refractivity contribution in [3.05, 3.63) is 39.7 Å². The van der Waals surface area contributed by atoms with E-state index >= 15 is 0 Å². The second-order valence-electron chi connectivity index (χ2n) is 2.92. The monoisotopic (exact) mass is 225 g/mol.